The van der Waals surface area contributed by atoms with E-state index in [-0.39, 0.29) is 18.5 Å². The molecular formula is C10H18O2. The van der Waals surface area contributed by atoms with Crippen LogP contribution in [0.1, 0.15) is 33.6 Å². The van der Waals surface area contributed by atoms with Crippen molar-refractivity contribution in [3.63, 3.8) is 0 Å². The molecule has 0 bridgehead atoms. The number of rotatable bonds is 6. The molecule has 0 aliphatic carbocycles. The van der Waals surface area contributed by atoms with E-state index in [0.717, 1.165) is 12.0 Å². The second-order valence-electron chi connectivity index (χ2n) is 3.18. The summed E-state index contributed by atoms with van der Waals surface area (Å²) in [6, 6.07) is 0. The topological polar surface area (TPSA) is 26.3 Å². The first kappa shape index (κ1) is 11.4. The smallest absolute Gasteiger partial charge is 0.162 e. The van der Waals surface area contributed by atoms with Crippen molar-refractivity contribution in [1.82, 2.24) is 0 Å². The molecule has 0 N–H and O–H groups in total. The van der Waals surface area contributed by atoms with Gasteiger partial charge in [0, 0.05) is 6.42 Å². The summed E-state index contributed by atoms with van der Waals surface area (Å²) in [5.74, 6) is 0.121. The summed E-state index contributed by atoms with van der Waals surface area (Å²) in [5, 5.41) is 0. The van der Waals surface area contributed by atoms with Crippen molar-refractivity contribution in [2.45, 2.75) is 39.7 Å². The third-order valence-corrected chi connectivity index (χ3v) is 1.52. The number of ketones is 1. The van der Waals surface area contributed by atoms with Crippen LogP contribution in [0.3, 0.4) is 0 Å². The van der Waals surface area contributed by atoms with Gasteiger partial charge in [0.25, 0.3) is 0 Å². The molecule has 2 heteroatoms. The van der Waals surface area contributed by atoms with Gasteiger partial charge in [-0.2, -0.15) is 0 Å². The highest BCUT2D eigenvalue weighted by Gasteiger charge is 2.04. The normalized spacial score (nSPS) is 10.3. The van der Waals surface area contributed by atoms with E-state index < -0.39 is 0 Å². The Morgan fingerprint density at radius 3 is 2.50 bits per heavy atom. The summed E-state index contributed by atoms with van der Waals surface area (Å²) in [6.07, 6.45) is 1.46. The van der Waals surface area contributed by atoms with Gasteiger partial charge < -0.3 is 4.74 Å². The van der Waals surface area contributed by atoms with Crippen molar-refractivity contribution in [2.75, 3.05) is 6.61 Å². The summed E-state index contributed by atoms with van der Waals surface area (Å²) in [6.45, 7) is 9.82. The molecule has 0 rings (SSSR count). The number of hydrogen-bond acceptors (Lipinski definition) is 2. The van der Waals surface area contributed by atoms with Crippen LogP contribution >= 0.6 is 0 Å². The highest BCUT2D eigenvalue weighted by atomic mass is 16.5. The van der Waals surface area contributed by atoms with Gasteiger partial charge in [-0.15, -0.1) is 0 Å². The third-order valence-electron chi connectivity index (χ3n) is 1.52. The maximum atomic E-state index is 11.1. The molecular weight excluding hydrogens is 152 g/mol. The number of ether oxygens (including phenoxy) is 1. The molecule has 0 fully saturated rings. The standard InChI is InChI=1S/C10H18O2/c1-5-9(4)6-10(11)7-12-8(2)3/h8H,4-7H2,1-3H3. The molecule has 0 saturated heterocycles. The molecule has 0 aliphatic rings. The molecule has 0 aromatic rings. The second kappa shape index (κ2) is 5.95. The molecule has 0 amide bonds. The number of carbonyl (C=O) groups is 1. The Morgan fingerprint density at radius 2 is 2.08 bits per heavy atom. The number of allylic oxidation sites excluding steroid dienone is 1. The summed E-state index contributed by atoms with van der Waals surface area (Å²) >= 11 is 0. The second-order valence-corrected chi connectivity index (χ2v) is 3.18. The van der Waals surface area contributed by atoms with Gasteiger partial charge in [-0.1, -0.05) is 19.1 Å². The number of carbonyl (C=O) groups excluding carboxylic acids is 1. The van der Waals surface area contributed by atoms with Crippen molar-refractivity contribution >= 4 is 5.78 Å². The van der Waals surface area contributed by atoms with Crippen LogP contribution in [0, 0.1) is 0 Å². The lowest BCUT2D eigenvalue weighted by molar-refractivity contribution is -0.124. The van der Waals surface area contributed by atoms with E-state index in [1.807, 2.05) is 20.8 Å². The highest BCUT2D eigenvalue weighted by Crippen LogP contribution is 2.03. The van der Waals surface area contributed by atoms with Crippen LogP contribution in [-0.2, 0) is 9.53 Å². The minimum Gasteiger partial charge on any atom is -0.371 e. The Morgan fingerprint density at radius 1 is 1.50 bits per heavy atom. The zero-order chi connectivity index (χ0) is 9.56. The molecule has 0 spiro atoms. The molecule has 70 valence electrons. The summed E-state index contributed by atoms with van der Waals surface area (Å²) in [5.41, 5.74) is 0.979. The molecule has 0 aliphatic heterocycles. The van der Waals surface area contributed by atoms with Crippen molar-refractivity contribution in [3.8, 4) is 0 Å². The third kappa shape index (κ3) is 6.10. The highest BCUT2D eigenvalue weighted by molar-refractivity contribution is 5.81. The maximum absolute atomic E-state index is 11.1. The summed E-state index contributed by atoms with van der Waals surface area (Å²) in [4.78, 5) is 11.1. The Labute approximate surface area is 74.6 Å². The zero-order valence-electron chi connectivity index (χ0n) is 8.22. The fourth-order valence-electron chi connectivity index (χ4n) is 0.714. The van der Waals surface area contributed by atoms with Gasteiger partial charge in [0.1, 0.15) is 6.61 Å². The van der Waals surface area contributed by atoms with E-state index >= 15 is 0 Å². The lowest BCUT2D eigenvalue weighted by Gasteiger charge is -2.06. The van der Waals surface area contributed by atoms with Gasteiger partial charge in [-0.25, -0.2) is 0 Å². The van der Waals surface area contributed by atoms with E-state index in [1.165, 1.54) is 0 Å². The molecule has 0 aromatic carbocycles. The van der Waals surface area contributed by atoms with Crippen molar-refractivity contribution in [1.29, 1.82) is 0 Å². The molecule has 12 heavy (non-hydrogen) atoms. The zero-order valence-corrected chi connectivity index (χ0v) is 8.22. The molecule has 2 nitrogen and oxygen atoms in total. The van der Waals surface area contributed by atoms with E-state index in [0.29, 0.717) is 6.42 Å². The van der Waals surface area contributed by atoms with Crippen LogP contribution in [-0.4, -0.2) is 18.5 Å². The largest absolute Gasteiger partial charge is 0.371 e. The van der Waals surface area contributed by atoms with E-state index in [9.17, 15) is 4.79 Å². The number of Topliss-reactive ketones (excluding diaryl/α,β-unsaturated/α-hetero) is 1. The number of hydrogen-bond donors (Lipinski definition) is 0. The first-order chi connectivity index (χ1) is 5.56. The quantitative estimate of drug-likeness (QED) is 0.572. The Hall–Kier alpha value is -0.630. The van der Waals surface area contributed by atoms with Gasteiger partial charge in [-0.05, 0) is 20.3 Å². The fourth-order valence-corrected chi connectivity index (χ4v) is 0.714. The molecule has 0 atom stereocenters. The van der Waals surface area contributed by atoms with Crippen LogP contribution in [0.25, 0.3) is 0 Å². The average molecular weight is 170 g/mol. The maximum Gasteiger partial charge on any atom is 0.162 e. The first-order valence-electron chi connectivity index (χ1n) is 4.36. The SMILES string of the molecule is C=C(CC)CC(=O)COC(C)C. The van der Waals surface area contributed by atoms with Gasteiger partial charge in [-0.3, -0.25) is 4.79 Å². The van der Waals surface area contributed by atoms with E-state index in [4.69, 9.17) is 4.74 Å². The average Bonchev–Trinajstić information content (AvgIpc) is 2.00. The van der Waals surface area contributed by atoms with Gasteiger partial charge in [0.15, 0.2) is 5.78 Å². The van der Waals surface area contributed by atoms with Crippen LogP contribution in [0.15, 0.2) is 12.2 Å². The van der Waals surface area contributed by atoms with Gasteiger partial charge in [0.2, 0.25) is 0 Å². The molecule has 0 aromatic heterocycles. The first-order valence-corrected chi connectivity index (χ1v) is 4.36. The van der Waals surface area contributed by atoms with Gasteiger partial charge in [0.05, 0.1) is 6.10 Å². The van der Waals surface area contributed by atoms with Crippen LogP contribution in [0.5, 0.6) is 0 Å². The monoisotopic (exact) mass is 170 g/mol. The van der Waals surface area contributed by atoms with Crippen molar-refractivity contribution < 1.29 is 9.53 Å². The predicted molar refractivity (Wildman–Crippen MR) is 50.1 cm³/mol. The Kier molecular flexibility index (Phi) is 5.64. The van der Waals surface area contributed by atoms with Crippen LogP contribution < -0.4 is 0 Å². The lowest BCUT2D eigenvalue weighted by Crippen LogP contribution is -2.13. The molecule has 0 heterocycles. The van der Waals surface area contributed by atoms with Gasteiger partial charge >= 0.3 is 0 Å². The Bertz CT molecular complexity index is 159. The predicted octanol–water partition coefficient (Wildman–Crippen LogP) is 2.34. The summed E-state index contributed by atoms with van der Waals surface area (Å²) < 4.78 is 5.16. The van der Waals surface area contributed by atoms with E-state index in [2.05, 4.69) is 6.58 Å². The Balaban J connectivity index is 3.53. The summed E-state index contributed by atoms with van der Waals surface area (Å²) in [7, 11) is 0. The van der Waals surface area contributed by atoms with Crippen LogP contribution in [0.2, 0.25) is 0 Å². The van der Waals surface area contributed by atoms with Crippen molar-refractivity contribution in [3.05, 3.63) is 12.2 Å². The van der Waals surface area contributed by atoms with Crippen molar-refractivity contribution in [2.24, 2.45) is 0 Å². The lowest BCUT2D eigenvalue weighted by atomic mass is 10.1. The fraction of sp³-hybridized carbons (Fsp3) is 0.700. The molecule has 0 saturated carbocycles. The minimum absolute atomic E-state index is 0.121. The van der Waals surface area contributed by atoms with E-state index in [1.54, 1.807) is 0 Å². The van der Waals surface area contributed by atoms with Crippen LogP contribution in [0.4, 0.5) is 0 Å². The minimum atomic E-state index is 0.121. The molecule has 0 radical (unpaired) electrons. The molecule has 0 unspecified atom stereocenters.